The number of nitrogens with one attached hydrogen (secondary N) is 1. The summed E-state index contributed by atoms with van der Waals surface area (Å²) in [6.07, 6.45) is 2.30. The zero-order chi connectivity index (χ0) is 20.5. The van der Waals surface area contributed by atoms with Gasteiger partial charge in [0.15, 0.2) is 18.2 Å². The van der Waals surface area contributed by atoms with Crippen molar-refractivity contribution in [1.82, 2.24) is 9.97 Å². The van der Waals surface area contributed by atoms with Gasteiger partial charge in [0.1, 0.15) is 5.69 Å². The minimum absolute atomic E-state index is 0.0735. The number of ether oxygens (including phenoxy) is 1. The number of alkyl halides is 1. The third-order valence-electron chi connectivity index (χ3n) is 3.75. The minimum atomic E-state index is -1.24. The lowest BCUT2D eigenvalue weighted by molar-refractivity contribution is 0.102. The van der Waals surface area contributed by atoms with Crippen molar-refractivity contribution in [2.24, 2.45) is 0 Å². The van der Waals surface area contributed by atoms with Crippen LogP contribution in [-0.4, -0.2) is 40.9 Å². The maximum absolute atomic E-state index is 14.0. The van der Waals surface area contributed by atoms with E-state index in [1.165, 1.54) is 6.20 Å². The van der Waals surface area contributed by atoms with E-state index in [-0.39, 0.29) is 42.5 Å². The Morgan fingerprint density at radius 1 is 1.32 bits per heavy atom. The molecule has 28 heavy (non-hydrogen) atoms. The zero-order valence-electron chi connectivity index (χ0n) is 15.0. The van der Waals surface area contributed by atoms with Crippen molar-refractivity contribution < 1.29 is 27.8 Å². The molecule has 0 saturated heterocycles. The molecule has 2 rings (SSSR count). The van der Waals surface area contributed by atoms with Crippen molar-refractivity contribution in [3.05, 3.63) is 47.4 Å². The standard InChI is InChI=1S/C19H18F3N3O3/c1-2-3-6-28-17-11-23-16(10-24-17)19(27)25-13-7-14(12(9-20)4-5-26)18(22)15(21)8-13/h7-8,10-12,26H,4-6,9H2,1H3,(H,25,27)/t12-/m0/s1. The Labute approximate surface area is 159 Å². The lowest BCUT2D eigenvalue weighted by atomic mass is 9.96. The molecule has 1 aromatic heterocycles. The number of amides is 1. The Bertz CT molecular complexity index is 880. The van der Waals surface area contributed by atoms with Crippen molar-refractivity contribution in [2.75, 3.05) is 25.2 Å². The predicted octanol–water partition coefficient (Wildman–Crippen LogP) is 2.84. The molecule has 0 bridgehead atoms. The van der Waals surface area contributed by atoms with Crippen molar-refractivity contribution >= 4 is 11.6 Å². The van der Waals surface area contributed by atoms with Gasteiger partial charge in [-0.2, -0.15) is 0 Å². The van der Waals surface area contributed by atoms with Gasteiger partial charge < -0.3 is 15.2 Å². The second-order valence-corrected chi connectivity index (χ2v) is 5.63. The van der Waals surface area contributed by atoms with Crippen LogP contribution in [-0.2, 0) is 0 Å². The average molecular weight is 393 g/mol. The van der Waals surface area contributed by atoms with E-state index in [0.29, 0.717) is 0 Å². The molecular formula is C19H18F3N3O3. The summed E-state index contributed by atoms with van der Waals surface area (Å²) in [5, 5.41) is 11.3. The molecule has 1 aromatic carbocycles. The molecular weight excluding hydrogens is 375 g/mol. The van der Waals surface area contributed by atoms with Crippen molar-refractivity contribution in [3.63, 3.8) is 0 Å². The van der Waals surface area contributed by atoms with E-state index in [1.54, 1.807) is 6.92 Å². The number of aliphatic hydroxyl groups excluding tert-OH is 1. The summed E-state index contributed by atoms with van der Waals surface area (Å²) >= 11 is 0. The molecule has 0 fully saturated rings. The van der Waals surface area contributed by atoms with Crippen LogP contribution in [0.1, 0.15) is 35.3 Å². The number of benzene rings is 1. The first kappa shape index (κ1) is 21.2. The monoisotopic (exact) mass is 393 g/mol. The largest absolute Gasteiger partial charge is 0.463 e. The SMILES string of the molecule is CC#CCOc1cnc(C(=O)Nc2cc(F)c(F)c([C@H](CF)CCO)c2)cn1. The number of nitrogens with zero attached hydrogens (tertiary/aromatic N) is 2. The summed E-state index contributed by atoms with van der Waals surface area (Å²) in [6.45, 7) is 0.410. The second-order valence-electron chi connectivity index (χ2n) is 5.63. The molecule has 0 aliphatic heterocycles. The maximum Gasteiger partial charge on any atom is 0.275 e. The highest BCUT2D eigenvalue weighted by molar-refractivity contribution is 6.02. The summed E-state index contributed by atoms with van der Waals surface area (Å²) in [4.78, 5) is 20.0. The van der Waals surface area contributed by atoms with Gasteiger partial charge in [-0.15, -0.1) is 5.92 Å². The molecule has 1 amide bonds. The molecule has 0 aliphatic carbocycles. The molecule has 148 valence electrons. The van der Waals surface area contributed by atoms with E-state index < -0.39 is 30.1 Å². The number of rotatable bonds is 8. The lowest BCUT2D eigenvalue weighted by Crippen LogP contribution is -2.16. The molecule has 6 nitrogen and oxygen atoms in total. The smallest absolute Gasteiger partial charge is 0.275 e. The van der Waals surface area contributed by atoms with E-state index in [0.717, 1.165) is 18.3 Å². The van der Waals surface area contributed by atoms with Crippen molar-refractivity contribution in [1.29, 1.82) is 0 Å². The van der Waals surface area contributed by atoms with Crippen LogP contribution in [0.4, 0.5) is 18.9 Å². The van der Waals surface area contributed by atoms with Gasteiger partial charge in [-0.25, -0.2) is 18.7 Å². The van der Waals surface area contributed by atoms with Gasteiger partial charge in [0.25, 0.3) is 5.91 Å². The maximum atomic E-state index is 14.0. The van der Waals surface area contributed by atoms with Crippen LogP contribution < -0.4 is 10.1 Å². The van der Waals surface area contributed by atoms with Crippen LogP contribution in [0.15, 0.2) is 24.5 Å². The summed E-state index contributed by atoms with van der Waals surface area (Å²) in [5.41, 5.74) is -0.424. The van der Waals surface area contributed by atoms with E-state index in [2.05, 4.69) is 27.1 Å². The van der Waals surface area contributed by atoms with Gasteiger partial charge in [-0.05, 0) is 25.0 Å². The number of halogens is 3. The van der Waals surface area contributed by atoms with Gasteiger partial charge >= 0.3 is 0 Å². The topological polar surface area (TPSA) is 84.3 Å². The fraction of sp³-hybridized carbons (Fsp3) is 0.316. The molecule has 0 saturated carbocycles. The van der Waals surface area contributed by atoms with Gasteiger partial charge in [0.05, 0.1) is 19.1 Å². The number of aliphatic hydroxyl groups is 1. The first-order valence-corrected chi connectivity index (χ1v) is 8.31. The third-order valence-corrected chi connectivity index (χ3v) is 3.75. The average Bonchev–Trinajstić information content (AvgIpc) is 2.69. The molecule has 1 heterocycles. The molecule has 0 radical (unpaired) electrons. The van der Waals surface area contributed by atoms with Crippen LogP contribution in [0.2, 0.25) is 0 Å². The second kappa shape index (κ2) is 10.3. The summed E-state index contributed by atoms with van der Waals surface area (Å²) in [5.74, 6) is 1.29. The predicted molar refractivity (Wildman–Crippen MR) is 95.7 cm³/mol. The van der Waals surface area contributed by atoms with E-state index >= 15 is 0 Å². The van der Waals surface area contributed by atoms with E-state index in [4.69, 9.17) is 9.84 Å². The Morgan fingerprint density at radius 3 is 2.71 bits per heavy atom. The molecule has 2 N–H and O–H groups in total. The molecule has 0 spiro atoms. The highest BCUT2D eigenvalue weighted by Crippen LogP contribution is 2.28. The van der Waals surface area contributed by atoms with Crippen LogP contribution in [0.5, 0.6) is 5.88 Å². The number of anilines is 1. The van der Waals surface area contributed by atoms with Gasteiger partial charge in [-0.1, -0.05) is 5.92 Å². The van der Waals surface area contributed by atoms with Gasteiger partial charge in [0.2, 0.25) is 5.88 Å². The highest BCUT2D eigenvalue weighted by atomic mass is 19.2. The number of hydrogen-bond donors (Lipinski definition) is 2. The number of carbonyl (C=O) groups is 1. The molecule has 0 aliphatic rings. The Morgan fingerprint density at radius 2 is 2.11 bits per heavy atom. The van der Waals surface area contributed by atoms with Crippen molar-refractivity contribution in [3.8, 4) is 17.7 Å². The van der Waals surface area contributed by atoms with Crippen LogP contribution in [0.25, 0.3) is 0 Å². The Kier molecular flexibility index (Phi) is 7.77. The fourth-order valence-electron chi connectivity index (χ4n) is 2.34. The minimum Gasteiger partial charge on any atom is -0.463 e. The molecule has 1 atom stereocenters. The normalized spacial score (nSPS) is 11.3. The third kappa shape index (κ3) is 5.44. The number of carbonyl (C=O) groups excluding carboxylic acids is 1. The molecule has 9 heteroatoms. The molecule has 2 aromatic rings. The van der Waals surface area contributed by atoms with Gasteiger partial charge in [-0.3, -0.25) is 9.18 Å². The quantitative estimate of drug-likeness (QED) is 0.674. The Balaban J connectivity index is 2.16. The van der Waals surface area contributed by atoms with Crippen molar-refractivity contribution in [2.45, 2.75) is 19.3 Å². The van der Waals surface area contributed by atoms with Crippen LogP contribution in [0.3, 0.4) is 0 Å². The lowest BCUT2D eigenvalue weighted by Gasteiger charge is -2.15. The van der Waals surface area contributed by atoms with Crippen LogP contribution >= 0.6 is 0 Å². The Hall–Kier alpha value is -3.12. The first-order valence-electron chi connectivity index (χ1n) is 8.31. The summed E-state index contributed by atoms with van der Waals surface area (Å²) < 4.78 is 46.2. The van der Waals surface area contributed by atoms with Crippen LogP contribution in [0, 0.1) is 23.5 Å². The van der Waals surface area contributed by atoms with E-state index in [9.17, 15) is 18.0 Å². The zero-order valence-corrected chi connectivity index (χ0v) is 15.0. The number of hydrogen-bond acceptors (Lipinski definition) is 5. The fourth-order valence-corrected chi connectivity index (χ4v) is 2.34. The summed E-state index contributed by atoms with van der Waals surface area (Å²) in [6, 6.07) is 1.91. The number of aromatic nitrogens is 2. The highest BCUT2D eigenvalue weighted by Gasteiger charge is 2.20. The van der Waals surface area contributed by atoms with E-state index in [1.807, 2.05) is 0 Å². The first-order chi connectivity index (χ1) is 13.5. The molecule has 0 unspecified atom stereocenters. The summed E-state index contributed by atoms with van der Waals surface area (Å²) in [7, 11) is 0. The van der Waals surface area contributed by atoms with Gasteiger partial charge in [0, 0.05) is 24.3 Å².